The first-order chi connectivity index (χ1) is 16.7. The summed E-state index contributed by atoms with van der Waals surface area (Å²) in [6.07, 6.45) is -3.68. The smallest absolute Gasteiger partial charge is 0.393 e. The van der Waals surface area contributed by atoms with Gasteiger partial charge < -0.3 is 15.4 Å². The van der Waals surface area contributed by atoms with Crippen LogP contribution in [0.15, 0.2) is 24.3 Å². The van der Waals surface area contributed by atoms with Crippen molar-refractivity contribution in [3.05, 3.63) is 46.0 Å². The van der Waals surface area contributed by atoms with E-state index in [0.717, 1.165) is 60.3 Å². The van der Waals surface area contributed by atoms with Crippen LogP contribution in [-0.2, 0) is 13.0 Å². The minimum atomic E-state index is -4.31. The number of aromatic amines is 1. The molecule has 0 amide bonds. The number of likely N-dealkylation sites (tertiary alicyclic amines) is 1. The number of aromatic hydroxyl groups is 1. The van der Waals surface area contributed by atoms with Crippen LogP contribution in [0.25, 0.3) is 21.1 Å². The molecule has 3 N–H and O–H groups in total. The first-order valence-corrected chi connectivity index (χ1v) is 12.1. The maximum absolute atomic E-state index is 12.8. The van der Waals surface area contributed by atoms with E-state index < -0.39 is 18.6 Å². The Kier molecular flexibility index (Phi) is 6.02. The number of halogens is 3. The van der Waals surface area contributed by atoms with Gasteiger partial charge in [-0.15, -0.1) is 11.3 Å². The minimum absolute atomic E-state index is 0.0844. The normalized spacial score (nSPS) is 15.6. The topological polar surface area (TPSA) is 101 Å². The molecule has 0 unspecified atom stereocenters. The highest BCUT2D eigenvalue weighted by Gasteiger charge is 2.29. The number of aryl methyl sites for hydroxylation is 1. The number of piperidine rings is 1. The predicted molar refractivity (Wildman–Crippen MR) is 129 cm³/mol. The Balaban J connectivity index is 1.25. The summed E-state index contributed by atoms with van der Waals surface area (Å²) in [7, 11) is 0. The fraction of sp³-hybridized carbons (Fsp3) is 0.375. The molecule has 4 heterocycles. The van der Waals surface area contributed by atoms with E-state index in [-0.39, 0.29) is 10.9 Å². The number of alkyl halides is 3. The summed E-state index contributed by atoms with van der Waals surface area (Å²) in [5.74, 6) is 0.373. The van der Waals surface area contributed by atoms with Crippen molar-refractivity contribution >= 4 is 38.3 Å². The highest BCUT2D eigenvalue weighted by molar-refractivity contribution is 7.18. The molecule has 1 fully saturated rings. The molecule has 0 atom stereocenters. The van der Waals surface area contributed by atoms with Gasteiger partial charge >= 0.3 is 12.2 Å². The second kappa shape index (κ2) is 9.02. The van der Waals surface area contributed by atoms with Crippen LogP contribution in [0.3, 0.4) is 0 Å². The minimum Gasteiger partial charge on any atom is -0.479 e. The predicted octanol–water partition coefficient (Wildman–Crippen LogP) is 5.24. The van der Waals surface area contributed by atoms with Gasteiger partial charge in [-0.1, -0.05) is 6.07 Å². The zero-order chi connectivity index (χ0) is 24.7. The summed E-state index contributed by atoms with van der Waals surface area (Å²) in [6, 6.07) is 9.22. The van der Waals surface area contributed by atoms with Crippen molar-refractivity contribution in [2.24, 2.45) is 0 Å². The summed E-state index contributed by atoms with van der Waals surface area (Å²) in [5, 5.41) is 23.9. The molecule has 182 valence electrons. The van der Waals surface area contributed by atoms with Crippen molar-refractivity contribution in [3.8, 4) is 12.1 Å². The lowest BCUT2D eigenvalue weighted by atomic mass is 10.0. The Morgan fingerprint density at radius 3 is 2.71 bits per heavy atom. The molecule has 0 spiro atoms. The van der Waals surface area contributed by atoms with Crippen molar-refractivity contribution in [2.45, 2.75) is 44.9 Å². The lowest BCUT2D eigenvalue weighted by Gasteiger charge is -2.33. The molecular weight excluding hydrogens is 477 g/mol. The van der Waals surface area contributed by atoms with Crippen molar-refractivity contribution in [2.75, 3.05) is 18.4 Å². The van der Waals surface area contributed by atoms with E-state index in [9.17, 15) is 18.3 Å². The van der Waals surface area contributed by atoms with Gasteiger partial charge in [-0.2, -0.15) is 28.4 Å². The summed E-state index contributed by atoms with van der Waals surface area (Å²) in [5.41, 5.74) is 3.88. The van der Waals surface area contributed by atoms with Crippen molar-refractivity contribution in [1.82, 2.24) is 19.9 Å². The molecule has 5 rings (SSSR count). The summed E-state index contributed by atoms with van der Waals surface area (Å²) in [4.78, 5) is 13.9. The number of nitrogens with zero attached hydrogens (tertiary/aromatic N) is 4. The third-order valence-electron chi connectivity index (χ3n) is 6.43. The Labute approximate surface area is 203 Å². The third kappa shape index (κ3) is 5.04. The molecule has 1 aliphatic heterocycles. The molecule has 1 saturated heterocycles. The maximum Gasteiger partial charge on any atom is 0.393 e. The van der Waals surface area contributed by atoms with E-state index in [0.29, 0.717) is 21.7 Å². The zero-order valence-corrected chi connectivity index (χ0v) is 19.7. The molecule has 1 aliphatic rings. The van der Waals surface area contributed by atoms with Crippen LogP contribution >= 0.6 is 11.3 Å². The molecule has 0 saturated carbocycles. The molecule has 35 heavy (non-hydrogen) atoms. The monoisotopic (exact) mass is 500 g/mol. The van der Waals surface area contributed by atoms with Crippen LogP contribution in [0.4, 0.5) is 19.0 Å². The molecule has 0 bridgehead atoms. The second-order valence-electron chi connectivity index (χ2n) is 8.90. The molecule has 0 aliphatic carbocycles. The first kappa shape index (κ1) is 23.4. The lowest BCUT2D eigenvalue weighted by molar-refractivity contribution is -0.126. The van der Waals surface area contributed by atoms with Gasteiger partial charge in [0, 0.05) is 41.5 Å². The SMILES string of the molecule is Cc1c(CN2CCC(Nc3nc(O)nc4sc(CC(F)(F)F)cc34)CC2)ccc2[nH]c(C#N)cc12. The highest BCUT2D eigenvalue weighted by atomic mass is 32.1. The van der Waals surface area contributed by atoms with Crippen molar-refractivity contribution in [1.29, 1.82) is 5.26 Å². The molecule has 0 radical (unpaired) electrons. The van der Waals surface area contributed by atoms with Gasteiger partial charge in [-0.25, -0.2) is 0 Å². The third-order valence-corrected chi connectivity index (χ3v) is 7.46. The quantitative estimate of drug-likeness (QED) is 0.347. The van der Waals surface area contributed by atoms with Gasteiger partial charge in [0.1, 0.15) is 22.4 Å². The largest absolute Gasteiger partial charge is 0.479 e. The number of benzene rings is 1. The number of hydrogen-bond acceptors (Lipinski definition) is 7. The van der Waals surface area contributed by atoms with Gasteiger partial charge in [0.2, 0.25) is 0 Å². The maximum atomic E-state index is 12.8. The Morgan fingerprint density at radius 1 is 1.23 bits per heavy atom. The van der Waals surface area contributed by atoms with E-state index in [1.807, 2.05) is 12.1 Å². The Bertz CT molecular complexity index is 1430. The Morgan fingerprint density at radius 2 is 2.00 bits per heavy atom. The van der Waals surface area contributed by atoms with Crippen molar-refractivity contribution < 1.29 is 18.3 Å². The average molecular weight is 501 g/mol. The molecule has 1 aromatic carbocycles. The van der Waals surface area contributed by atoms with Gasteiger partial charge in [0.25, 0.3) is 0 Å². The van der Waals surface area contributed by atoms with Crippen LogP contribution in [-0.4, -0.2) is 50.3 Å². The van der Waals surface area contributed by atoms with Crippen LogP contribution in [0.1, 0.15) is 34.5 Å². The van der Waals surface area contributed by atoms with Crippen LogP contribution in [0.5, 0.6) is 6.01 Å². The van der Waals surface area contributed by atoms with Gasteiger partial charge in [-0.05, 0) is 49.1 Å². The summed E-state index contributed by atoms with van der Waals surface area (Å²) < 4.78 is 38.5. The van der Waals surface area contributed by atoms with Crippen molar-refractivity contribution in [3.63, 3.8) is 0 Å². The lowest BCUT2D eigenvalue weighted by Crippen LogP contribution is -2.39. The first-order valence-electron chi connectivity index (χ1n) is 11.2. The van der Waals surface area contributed by atoms with Crippen LogP contribution in [0, 0.1) is 18.3 Å². The van der Waals surface area contributed by atoms with E-state index in [2.05, 4.69) is 44.2 Å². The molecular formula is C24H23F3N6OS. The van der Waals surface area contributed by atoms with E-state index in [1.165, 1.54) is 11.6 Å². The number of nitrogens with one attached hydrogen (secondary N) is 2. The van der Waals surface area contributed by atoms with Gasteiger partial charge in [-0.3, -0.25) is 4.90 Å². The standard InChI is InChI=1S/C24H23F3N6OS/c1-13-14(2-3-20-18(13)8-16(11-28)29-20)12-33-6-4-15(5-7-33)30-21-19-9-17(10-24(25,26)27)35-22(19)32-23(34)31-21/h2-3,8-9,15,29H,4-7,10,12H2,1H3,(H2,30,31,32,34). The van der Waals surface area contributed by atoms with Gasteiger partial charge in [0.15, 0.2) is 0 Å². The summed E-state index contributed by atoms with van der Waals surface area (Å²) >= 11 is 0.922. The molecule has 11 heteroatoms. The zero-order valence-electron chi connectivity index (χ0n) is 18.9. The number of H-pyrrole nitrogens is 1. The number of rotatable bonds is 5. The molecule has 7 nitrogen and oxygen atoms in total. The fourth-order valence-electron chi connectivity index (χ4n) is 4.65. The molecule has 3 aromatic heterocycles. The average Bonchev–Trinajstić information content (AvgIpc) is 3.39. The van der Waals surface area contributed by atoms with E-state index >= 15 is 0 Å². The number of aromatic nitrogens is 3. The number of fused-ring (bicyclic) bond motifs is 2. The van der Waals surface area contributed by atoms with Crippen LogP contribution < -0.4 is 5.32 Å². The number of thiophene rings is 1. The number of nitriles is 1. The fourth-order valence-corrected chi connectivity index (χ4v) is 5.70. The number of hydrogen-bond donors (Lipinski definition) is 3. The number of anilines is 1. The van der Waals surface area contributed by atoms with E-state index in [4.69, 9.17) is 5.26 Å². The molecule has 4 aromatic rings. The van der Waals surface area contributed by atoms with Gasteiger partial charge in [0.05, 0.1) is 11.8 Å². The second-order valence-corrected chi connectivity index (χ2v) is 10.0. The van der Waals surface area contributed by atoms with E-state index in [1.54, 1.807) is 0 Å². The highest BCUT2D eigenvalue weighted by Crippen LogP contribution is 2.34. The van der Waals surface area contributed by atoms with Crippen LogP contribution in [0.2, 0.25) is 0 Å². The summed E-state index contributed by atoms with van der Waals surface area (Å²) in [6.45, 7) is 4.55. The Hall–Kier alpha value is -3.36.